The number of carbonyl (C=O) groups is 1. The van der Waals surface area contributed by atoms with Crippen LogP contribution >= 0.6 is 11.3 Å². The second-order valence-corrected chi connectivity index (χ2v) is 10.7. The molecular weight excluding hydrogens is 504 g/mol. The average Bonchev–Trinajstić information content (AvgIpc) is 3.63. The number of nitrogens with two attached hydrogens (primary N) is 1. The maximum atomic E-state index is 13.9. The molecule has 5 rings (SSSR count). The Morgan fingerprint density at radius 2 is 1.83 bits per heavy atom. The quantitative estimate of drug-likeness (QED) is 0.379. The van der Waals surface area contributed by atoms with E-state index in [1.807, 2.05) is 0 Å². The number of sulfone groups is 1. The van der Waals surface area contributed by atoms with Gasteiger partial charge in [0, 0.05) is 6.08 Å². The number of thiazole rings is 1. The zero-order valence-corrected chi connectivity index (χ0v) is 20.5. The lowest BCUT2D eigenvalue weighted by molar-refractivity contribution is -0.136. The summed E-state index contributed by atoms with van der Waals surface area (Å²) < 4.78 is 45.5. The first-order valence-electron chi connectivity index (χ1n) is 10.9. The van der Waals surface area contributed by atoms with Gasteiger partial charge < -0.3 is 19.3 Å². The van der Waals surface area contributed by atoms with Crippen LogP contribution in [-0.4, -0.2) is 25.6 Å². The predicted molar refractivity (Wildman–Crippen MR) is 133 cm³/mol. The number of benzene rings is 1. The van der Waals surface area contributed by atoms with E-state index in [2.05, 4.69) is 0 Å². The summed E-state index contributed by atoms with van der Waals surface area (Å²) in [5.74, 6) is -1.76. The summed E-state index contributed by atoms with van der Waals surface area (Å²) in [5.41, 5.74) is 5.81. The van der Waals surface area contributed by atoms with Gasteiger partial charge in [-0.15, -0.1) is 11.3 Å². The van der Waals surface area contributed by atoms with Gasteiger partial charge >= 0.3 is 5.97 Å². The number of aromatic nitrogens is 1. The summed E-state index contributed by atoms with van der Waals surface area (Å²) in [5, 5.41) is 0. The van der Waals surface area contributed by atoms with Crippen LogP contribution in [0.4, 0.5) is 0 Å². The van der Waals surface area contributed by atoms with E-state index in [9.17, 15) is 18.0 Å². The van der Waals surface area contributed by atoms with E-state index in [4.69, 9.17) is 19.3 Å². The normalized spacial score (nSPS) is 16.3. The van der Waals surface area contributed by atoms with Crippen molar-refractivity contribution in [2.75, 3.05) is 6.61 Å². The number of hydrogen-bond donors (Lipinski definition) is 1. The molecule has 4 heterocycles. The minimum absolute atomic E-state index is 0.0359. The summed E-state index contributed by atoms with van der Waals surface area (Å²) in [4.78, 5) is 26.4. The smallest absolute Gasteiger partial charge is 0.338 e. The number of hydrogen-bond acceptors (Lipinski definition) is 9. The Kier molecular flexibility index (Phi) is 6.02. The Balaban J connectivity index is 1.92. The molecule has 0 fully saturated rings. The first-order chi connectivity index (χ1) is 17.3. The molecule has 4 aromatic rings. The second-order valence-electron chi connectivity index (χ2n) is 7.72. The molecule has 1 aliphatic rings. The molecule has 1 atom stereocenters. The van der Waals surface area contributed by atoms with Crippen molar-refractivity contribution in [1.29, 1.82) is 0 Å². The van der Waals surface area contributed by atoms with Crippen molar-refractivity contribution in [3.63, 3.8) is 0 Å². The van der Waals surface area contributed by atoms with Crippen molar-refractivity contribution in [3.05, 3.63) is 103 Å². The number of rotatable bonds is 6. The highest BCUT2D eigenvalue weighted by atomic mass is 32.2. The van der Waals surface area contributed by atoms with Gasteiger partial charge in [0.15, 0.2) is 0 Å². The molecule has 0 saturated heterocycles. The van der Waals surface area contributed by atoms with Crippen LogP contribution in [0.2, 0.25) is 0 Å². The van der Waals surface area contributed by atoms with Crippen LogP contribution in [0, 0.1) is 0 Å². The lowest BCUT2D eigenvalue weighted by Gasteiger charge is -2.26. The molecule has 36 heavy (non-hydrogen) atoms. The standard InChI is InChI=1S/C25H20N2O7S2/c1-2-32-25(29)20-19(17-11-7-13-34-17)21(36(30,31)16-9-4-3-5-10-16)22(26)27-23(28)18(35-24(20)27)14-15-8-6-12-33-15/h3-14,19H,2,26H2,1H3/b18-14+/t19-/m1/s1. The lowest BCUT2D eigenvalue weighted by atomic mass is 9.94. The lowest BCUT2D eigenvalue weighted by Crippen LogP contribution is -2.41. The van der Waals surface area contributed by atoms with E-state index < -0.39 is 27.3 Å². The third-order valence-corrected chi connectivity index (χ3v) is 8.61. The van der Waals surface area contributed by atoms with Crippen LogP contribution in [0.1, 0.15) is 24.4 Å². The van der Waals surface area contributed by atoms with E-state index >= 15 is 0 Å². The van der Waals surface area contributed by atoms with Crippen LogP contribution in [0.3, 0.4) is 0 Å². The summed E-state index contributed by atoms with van der Waals surface area (Å²) in [7, 11) is -4.29. The molecule has 11 heteroatoms. The van der Waals surface area contributed by atoms with Crippen molar-refractivity contribution in [3.8, 4) is 0 Å². The van der Waals surface area contributed by atoms with Crippen LogP contribution in [0.25, 0.3) is 17.5 Å². The first-order valence-corrected chi connectivity index (χ1v) is 13.2. The van der Waals surface area contributed by atoms with Crippen molar-refractivity contribution < 1.29 is 26.8 Å². The van der Waals surface area contributed by atoms with Gasteiger partial charge in [-0.1, -0.05) is 18.2 Å². The summed E-state index contributed by atoms with van der Waals surface area (Å²) in [6.07, 6.45) is 4.33. The monoisotopic (exact) mass is 524 g/mol. The Hall–Kier alpha value is -4.09. The van der Waals surface area contributed by atoms with E-state index in [-0.39, 0.29) is 42.8 Å². The molecule has 0 spiro atoms. The van der Waals surface area contributed by atoms with E-state index in [1.165, 1.54) is 30.7 Å². The molecule has 0 radical (unpaired) electrons. The number of fused-ring (bicyclic) bond motifs is 1. The van der Waals surface area contributed by atoms with Gasteiger partial charge in [-0.25, -0.2) is 13.2 Å². The zero-order chi connectivity index (χ0) is 25.4. The fraction of sp³-hybridized carbons (Fsp3) is 0.120. The van der Waals surface area contributed by atoms with Crippen LogP contribution in [-0.2, 0) is 19.4 Å². The number of carbonyl (C=O) groups excluding carboxylic acids is 1. The number of allylic oxidation sites excluding steroid dienone is 1. The molecule has 0 unspecified atom stereocenters. The third-order valence-electron chi connectivity index (χ3n) is 5.58. The van der Waals surface area contributed by atoms with Crippen LogP contribution in [0.5, 0.6) is 0 Å². The molecule has 184 valence electrons. The Morgan fingerprint density at radius 3 is 2.47 bits per heavy atom. The Bertz CT molecular complexity index is 1740. The SMILES string of the molecule is CCOC(=O)C1=c2s/c(=C/c3ccco3)c(=O)n2C(N)=C(S(=O)(=O)c2ccccc2)[C@@H]1c1ccco1. The van der Waals surface area contributed by atoms with Crippen molar-refractivity contribution in [2.24, 2.45) is 5.73 Å². The van der Waals surface area contributed by atoms with Gasteiger partial charge in [0.25, 0.3) is 5.56 Å². The van der Waals surface area contributed by atoms with Crippen molar-refractivity contribution in [2.45, 2.75) is 17.7 Å². The topological polar surface area (TPSA) is 135 Å². The highest BCUT2D eigenvalue weighted by Crippen LogP contribution is 2.42. The minimum Gasteiger partial charge on any atom is -0.468 e. The highest BCUT2D eigenvalue weighted by molar-refractivity contribution is 7.95. The number of ether oxygens (including phenoxy) is 1. The fourth-order valence-electron chi connectivity index (χ4n) is 4.06. The van der Waals surface area contributed by atoms with Gasteiger partial charge in [0.05, 0.1) is 40.1 Å². The average molecular weight is 525 g/mol. The fourth-order valence-corrected chi connectivity index (χ4v) is 6.88. The molecule has 0 amide bonds. The largest absolute Gasteiger partial charge is 0.468 e. The highest BCUT2D eigenvalue weighted by Gasteiger charge is 2.43. The predicted octanol–water partition coefficient (Wildman–Crippen LogP) is 1.99. The van der Waals surface area contributed by atoms with Gasteiger partial charge in [0.1, 0.15) is 26.9 Å². The Labute approximate surface area is 209 Å². The van der Waals surface area contributed by atoms with Crippen molar-refractivity contribution in [1.82, 2.24) is 4.57 Å². The summed E-state index contributed by atoms with van der Waals surface area (Å²) in [6.45, 7) is 1.67. The van der Waals surface area contributed by atoms with Gasteiger partial charge in [-0.2, -0.15) is 0 Å². The second kappa shape index (κ2) is 9.17. The molecular formula is C25H20N2O7S2. The van der Waals surface area contributed by atoms with E-state index in [0.717, 1.165) is 15.9 Å². The van der Waals surface area contributed by atoms with Crippen LogP contribution < -0.4 is 20.5 Å². The van der Waals surface area contributed by atoms with E-state index in [1.54, 1.807) is 49.4 Å². The number of esters is 1. The van der Waals surface area contributed by atoms with Crippen molar-refractivity contribution >= 4 is 44.6 Å². The maximum absolute atomic E-state index is 13.9. The van der Waals surface area contributed by atoms with Crippen LogP contribution in [0.15, 0.2) is 90.6 Å². The molecule has 9 nitrogen and oxygen atoms in total. The molecule has 3 aromatic heterocycles. The molecule has 1 aliphatic heterocycles. The summed E-state index contributed by atoms with van der Waals surface area (Å²) >= 11 is 0.982. The zero-order valence-electron chi connectivity index (χ0n) is 18.9. The van der Waals surface area contributed by atoms with Gasteiger partial charge in [-0.05, 0) is 43.3 Å². The van der Waals surface area contributed by atoms with Gasteiger partial charge in [0.2, 0.25) is 9.84 Å². The molecule has 0 saturated carbocycles. The molecule has 2 N–H and O–H groups in total. The number of nitrogens with zero attached hydrogens (tertiary/aromatic N) is 1. The maximum Gasteiger partial charge on any atom is 0.338 e. The Morgan fingerprint density at radius 1 is 1.11 bits per heavy atom. The first kappa shape index (κ1) is 23.6. The molecule has 0 bridgehead atoms. The molecule has 0 aliphatic carbocycles. The summed E-state index contributed by atoms with van der Waals surface area (Å²) in [6, 6.07) is 14.1. The molecule has 1 aromatic carbocycles. The third kappa shape index (κ3) is 3.82. The number of furan rings is 2. The minimum atomic E-state index is -4.29. The van der Waals surface area contributed by atoms with E-state index in [0.29, 0.717) is 5.76 Å². The van der Waals surface area contributed by atoms with Gasteiger partial charge in [-0.3, -0.25) is 9.36 Å².